The molecule has 0 saturated carbocycles. The average molecular weight is 347 g/mol. The van der Waals surface area contributed by atoms with E-state index in [0.29, 0.717) is 5.56 Å². The van der Waals surface area contributed by atoms with Crippen molar-refractivity contribution in [3.8, 4) is 5.75 Å². The Labute approximate surface area is 147 Å². The molecular weight excluding hydrogens is 322 g/mol. The molecule has 0 aliphatic rings. The first kappa shape index (κ1) is 20.2. The van der Waals surface area contributed by atoms with Crippen LogP contribution in [0, 0.1) is 5.41 Å². The van der Waals surface area contributed by atoms with Gasteiger partial charge in [-0.15, -0.1) is 0 Å². The predicted octanol–water partition coefficient (Wildman–Crippen LogP) is 1.15. The van der Waals surface area contributed by atoms with E-state index in [1.165, 1.54) is 32.2 Å². The maximum Gasteiger partial charge on any atom is 0.267 e. The monoisotopic (exact) mass is 347 g/mol. The van der Waals surface area contributed by atoms with E-state index >= 15 is 0 Å². The highest BCUT2D eigenvalue weighted by molar-refractivity contribution is 6.02. The van der Waals surface area contributed by atoms with Gasteiger partial charge in [0.05, 0.1) is 0 Å². The van der Waals surface area contributed by atoms with Crippen molar-refractivity contribution in [3.05, 3.63) is 35.5 Å². The van der Waals surface area contributed by atoms with Gasteiger partial charge in [0.15, 0.2) is 0 Å². The van der Waals surface area contributed by atoms with E-state index in [0.717, 1.165) is 0 Å². The quantitative estimate of drug-likeness (QED) is 0.599. The van der Waals surface area contributed by atoms with E-state index < -0.39 is 23.3 Å². The van der Waals surface area contributed by atoms with Crippen molar-refractivity contribution in [2.45, 2.75) is 33.7 Å². The summed E-state index contributed by atoms with van der Waals surface area (Å²) >= 11 is 0. The first-order chi connectivity index (χ1) is 11.5. The van der Waals surface area contributed by atoms with Crippen LogP contribution in [-0.2, 0) is 14.4 Å². The highest BCUT2D eigenvalue weighted by Crippen LogP contribution is 2.20. The second-order valence-electron chi connectivity index (χ2n) is 6.72. The number of hydrogen-bond donors (Lipinski definition) is 4. The lowest BCUT2D eigenvalue weighted by molar-refractivity contribution is -0.131. The number of phenols is 1. The molecule has 136 valence electrons. The van der Waals surface area contributed by atoms with Crippen molar-refractivity contribution in [1.29, 1.82) is 0 Å². The van der Waals surface area contributed by atoms with Crippen molar-refractivity contribution in [3.63, 3.8) is 0 Å². The Morgan fingerprint density at radius 2 is 1.68 bits per heavy atom. The van der Waals surface area contributed by atoms with Crippen LogP contribution in [0.1, 0.15) is 33.3 Å². The highest BCUT2D eigenvalue weighted by atomic mass is 16.3. The number of nitrogens with one attached hydrogen (secondary N) is 3. The van der Waals surface area contributed by atoms with Gasteiger partial charge in [-0.3, -0.25) is 14.4 Å². The Morgan fingerprint density at radius 1 is 1.12 bits per heavy atom. The fraction of sp³-hybridized carbons (Fsp3) is 0.389. The second kappa shape index (κ2) is 8.32. The highest BCUT2D eigenvalue weighted by Gasteiger charge is 2.33. The Kier molecular flexibility index (Phi) is 6.73. The van der Waals surface area contributed by atoms with Crippen LogP contribution in [0.15, 0.2) is 30.0 Å². The van der Waals surface area contributed by atoms with Gasteiger partial charge in [-0.05, 0) is 29.2 Å². The number of carbonyl (C=O) groups is 3. The van der Waals surface area contributed by atoms with Gasteiger partial charge < -0.3 is 21.1 Å². The zero-order valence-electron chi connectivity index (χ0n) is 15.1. The standard InChI is InChI=1S/C18H25N3O4/c1-11(22)20-15(18(2,3)4)17(25)21-14(16(24)19-5)10-12-6-8-13(23)9-7-12/h6-10,15,23H,1-5H3,(H,19,24)(H,20,22)(H,21,25)/b14-10-. The van der Waals surface area contributed by atoms with E-state index in [9.17, 15) is 19.5 Å². The SMILES string of the molecule is CNC(=O)/C(=C/c1ccc(O)cc1)NC(=O)C(NC(C)=O)C(C)(C)C. The molecule has 1 unspecified atom stereocenters. The molecule has 0 aliphatic heterocycles. The zero-order chi connectivity index (χ0) is 19.2. The molecule has 0 fully saturated rings. The van der Waals surface area contributed by atoms with Crippen LogP contribution in [0.5, 0.6) is 5.75 Å². The normalized spacial score (nSPS) is 12.9. The summed E-state index contributed by atoms with van der Waals surface area (Å²) in [6.45, 7) is 6.78. The maximum absolute atomic E-state index is 12.6. The molecule has 0 saturated heterocycles. The second-order valence-corrected chi connectivity index (χ2v) is 6.72. The smallest absolute Gasteiger partial charge is 0.267 e. The average Bonchev–Trinajstić information content (AvgIpc) is 2.51. The number of carbonyl (C=O) groups excluding carboxylic acids is 3. The van der Waals surface area contributed by atoms with Gasteiger partial charge in [-0.25, -0.2) is 0 Å². The Hall–Kier alpha value is -2.83. The van der Waals surface area contributed by atoms with E-state index in [4.69, 9.17) is 0 Å². The molecule has 1 atom stereocenters. The van der Waals surface area contributed by atoms with Crippen LogP contribution in [0.3, 0.4) is 0 Å². The number of phenolic OH excluding ortho intramolecular Hbond substituents is 1. The maximum atomic E-state index is 12.6. The number of rotatable bonds is 5. The van der Waals surface area contributed by atoms with Gasteiger partial charge in [-0.2, -0.15) is 0 Å². The number of aromatic hydroxyl groups is 1. The molecule has 3 amide bonds. The summed E-state index contributed by atoms with van der Waals surface area (Å²) in [5.74, 6) is -1.20. The largest absolute Gasteiger partial charge is 0.508 e. The molecule has 1 aromatic rings. The predicted molar refractivity (Wildman–Crippen MR) is 95.4 cm³/mol. The number of likely N-dealkylation sites (N-methyl/N-ethyl adjacent to an activating group) is 1. The van der Waals surface area contributed by atoms with Crippen LogP contribution in [0.4, 0.5) is 0 Å². The summed E-state index contributed by atoms with van der Waals surface area (Å²) < 4.78 is 0. The number of hydrogen-bond acceptors (Lipinski definition) is 4. The van der Waals surface area contributed by atoms with Crippen LogP contribution >= 0.6 is 0 Å². The van der Waals surface area contributed by atoms with E-state index in [2.05, 4.69) is 16.0 Å². The molecule has 7 nitrogen and oxygen atoms in total. The van der Waals surface area contributed by atoms with Crippen LogP contribution in [0.2, 0.25) is 0 Å². The lowest BCUT2D eigenvalue weighted by Crippen LogP contribution is -2.53. The molecule has 1 aromatic carbocycles. The third-order valence-corrected chi connectivity index (χ3v) is 3.41. The molecule has 4 N–H and O–H groups in total. The third kappa shape index (κ3) is 6.29. The number of benzene rings is 1. The summed E-state index contributed by atoms with van der Waals surface area (Å²) in [6, 6.07) is 5.37. The lowest BCUT2D eigenvalue weighted by atomic mass is 9.86. The first-order valence-electron chi connectivity index (χ1n) is 7.85. The number of amides is 3. The molecule has 7 heteroatoms. The minimum atomic E-state index is -0.808. The topological polar surface area (TPSA) is 108 Å². The van der Waals surface area contributed by atoms with E-state index in [1.807, 2.05) is 20.8 Å². The van der Waals surface area contributed by atoms with Gasteiger partial charge in [0.2, 0.25) is 11.8 Å². The van der Waals surface area contributed by atoms with E-state index in [-0.39, 0.29) is 17.4 Å². The summed E-state index contributed by atoms with van der Waals surface area (Å²) in [5.41, 5.74) is 0.128. The molecule has 0 aromatic heterocycles. The van der Waals surface area contributed by atoms with Crippen LogP contribution in [0.25, 0.3) is 6.08 Å². The molecule has 0 spiro atoms. The summed E-state index contributed by atoms with van der Waals surface area (Å²) in [5, 5.41) is 17.0. The van der Waals surface area contributed by atoms with Gasteiger partial charge in [0.25, 0.3) is 5.91 Å². The Morgan fingerprint density at radius 3 is 2.12 bits per heavy atom. The van der Waals surface area contributed by atoms with Gasteiger partial charge in [-0.1, -0.05) is 32.9 Å². The molecule has 0 bridgehead atoms. The molecule has 0 aliphatic carbocycles. The van der Waals surface area contributed by atoms with Crippen molar-refractivity contribution in [2.24, 2.45) is 5.41 Å². The van der Waals surface area contributed by atoms with Gasteiger partial charge in [0, 0.05) is 14.0 Å². The molecular formula is C18H25N3O4. The van der Waals surface area contributed by atoms with E-state index in [1.54, 1.807) is 12.1 Å². The van der Waals surface area contributed by atoms with Crippen molar-refractivity contribution in [1.82, 2.24) is 16.0 Å². The molecule has 1 rings (SSSR count). The summed E-state index contributed by atoms with van der Waals surface area (Å²) in [4.78, 5) is 36.1. The lowest BCUT2D eigenvalue weighted by Gasteiger charge is -2.30. The van der Waals surface area contributed by atoms with Gasteiger partial charge in [0.1, 0.15) is 17.5 Å². The Bertz CT molecular complexity index is 673. The Balaban J connectivity index is 3.12. The molecule has 0 heterocycles. The first-order valence-corrected chi connectivity index (χ1v) is 7.85. The fourth-order valence-electron chi connectivity index (χ4n) is 2.11. The van der Waals surface area contributed by atoms with Crippen LogP contribution in [-0.4, -0.2) is 35.9 Å². The van der Waals surface area contributed by atoms with Crippen molar-refractivity contribution >= 4 is 23.8 Å². The van der Waals surface area contributed by atoms with Crippen molar-refractivity contribution < 1.29 is 19.5 Å². The zero-order valence-corrected chi connectivity index (χ0v) is 15.1. The summed E-state index contributed by atoms with van der Waals surface area (Å²) in [6.07, 6.45) is 1.49. The van der Waals surface area contributed by atoms with Crippen molar-refractivity contribution in [2.75, 3.05) is 7.05 Å². The van der Waals surface area contributed by atoms with Crippen LogP contribution < -0.4 is 16.0 Å². The summed E-state index contributed by atoms with van der Waals surface area (Å²) in [7, 11) is 1.45. The van der Waals surface area contributed by atoms with Gasteiger partial charge >= 0.3 is 0 Å². The minimum Gasteiger partial charge on any atom is -0.508 e. The third-order valence-electron chi connectivity index (χ3n) is 3.41. The minimum absolute atomic E-state index is 0.0396. The molecule has 25 heavy (non-hydrogen) atoms. The fourth-order valence-corrected chi connectivity index (χ4v) is 2.11. The molecule has 0 radical (unpaired) electrons.